The van der Waals surface area contributed by atoms with Gasteiger partial charge in [0.2, 0.25) is 0 Å². The number of rotatable bonds is 3. The van der Waals surface area contributed by atoms with Crippen molar-refractivity contribution in [1.29, 1.82) is 0 Å². The number of nitrogens with zero attached hydrogens (tertiary/aromatic N) is 1. The smallest absolute Gasteiger partial charge is 0.129 e. The average Bonchev–Trinajstić information content (AvgIpc) is 2.76. The van der Waals surface area contributed by atoms with E-state index in [9.17, 15) is 0 Å². The van der Waals surface area contributed by atoms with Crippen LogP contribution in [0.1, 0.15) is 24.9 Å². The fraction of sp³-hybridized carbons (Fsp3) is 0.636. The Morgan fingerprint density at radius 1 is 1.50 bits per heavy atom. The van der Waals surface area contributed by atoms with Crippen molar-refractivity contribution >= 4 is 0 Å². The first-order valence-electron chi connectivity index (χ1n) is 5.18. The summed E-state index contributed by atoms with van der Waals surface area (Å²) in [6, 6.07) is 3.80. The molecule has 78 valence electrons. The van der Waals surface area contributed by atoms with E-state index in [1.807, 2.05) is 12.1 Å². The van der Waals surface area contributed by atoms with Crippen LogP contribution < -0.4 is 0 Å². The molecular formula is C11H17NO2. The number of likely N-dealkylation sites (tertiary alicyclic amines) is 1. The van der Waals surface area contributed by atoms with Gasteiger partial charge in [-0.05, 0) is 31.0 Å². The fourth-order valence-corrected chi connectivity index (χ4v) is 1.98. The monoisotopic (exact) mass is 195 g/mol. The van der Waals surface area contributed by atoms with E-state index in [1.165, 1.54) is 6.42 Å². The molecule has 0 bridgehead atoms. The number of aliphatic hydroxyl groups is 1. The molecule has 1 N–H and O–H groups in total. The lowest BCUT2D eigenvalue weighted by molar-refractivity contribution is 0.231. The molecule has 1 unspecified atom stereocenters. The van der Waals surface area contributed by atoms with Crippen LogP contribution in [0.3, 0.4) is 0 Å². The third-order valence-electron chi connectivity index (χ3n) is 2.76. The zero-order valence-electron chi connectivity index (χ0n) is 8.57. The summed E-state index contributed by atoms with van der Waals surface area (Å²) in [5.41, 5.74) is 0. The molecule has 0 spiro atoms. The largest absolute Gasteiger partial charge is 0.462 e. The van der Waals surface area contributed by atoms with Gasteiger partial charge in [-0.1, -0.05) is 6.92 Å². The van der Waals surface area contributed by atoms with Gasteiger partial charge in [0.15, 0.2) is 0 Å². The molecule has 14 heavy (non-hydrogen) atoms. The molecule has 2 heterocycles. The van der Waals surface area contributed by atoms with Gasteiger partial charge < -0.3 is 9.52 Å². The van der Waals surface area contributed by atoms with E-state index in [0.717, 1.165) is 31.3 Å². The van der Waals surface area contributed by atoms with Gasteiger partial charge in [-0.25, -0.2) is 0 Å². The molecule has 2 rings (SSSR count). The molecule has 0 saturated carbocycles. The Labute approximate surface area is 84.3 Å². The summed E-state index contributed by atoms with van der Waals surface area (Å²) in [4.78, 5) is 2.39. The van der Waals surface area contributed by atoms with Crippen molar-refractivity contribution in [3.8, 4) is 0 Å². The topological polar surface area (TPSA) is 36.6 Å². The molecule has 3 nitrogen and oxygen atoms in total. The van der Waals surface area contributed by atoms with Crippen molar-refractivity contribution in [3.63, 3.8) is 0 Å². The minimum Gasteiger partial charge on any atom is -0.462 e. The quantitative estimate of drug-likeness (QED) is 0.796. The summed E-state index contributed by atoms with van der Waals surface area (Å²) in [6.07, 6.45) is 1.29. The van der Waals surface area contributed by atoms with Crippen molar-refractivity contribution in [2.24, 2.45) is 5.92 Å². The van der Waals surface area contributed by atoms with Crippen LogP contribution in [0.25, 0.3) is 0 Å². The normalized spacial score (nSPS) is 23.1. The van der Waals surface area contributed by atoms with Gasteiger partial charge in [0, 0.05) is 6.54 Å². The Morgan fingerprint density at radius 2 is 2.29 bits per heavy atom. The van der Waals surface area contributed by atoms with Crippen LogP contribution in [0.4, 0.5) is 0 Å². The lowest BCUT2D eigenvalue weighted by Crippen LogP contribution is -2.19. The first-order chi connectivity index (χ1) is 6.78. The van der Waals surface area contributed by atoms with Gasteiger partial charge in [-0.2, -0.15) is 0 Å². The van der Waals surface area contributed by atoms with E-state index in [0.29, 0.717) is 5.76 Å². The molecule has 1 aromatic rings. The zero-order valence-corrected chi connectivity index (χ0v) is 8.57. The molecule has 1 atom stereocenters. The minimum absolute atomic E-state index is 0.00357. The highest BCUT2D eigenvalue weighted by Crippen LogP contribution is 2.18. The van der Waals surface area contributed by atoms with Crippen molar-refractivity contribution in [3.05, 3.63) is 23.7 Å². The third kappa shape index (κ3) is 2.16. The highest BCUT2D eigenvalue weighted by molar-refractivity contribution is 5.06. The second-order valence-corrected chi connectivity index (χ2v) is 4.16. The molecular weight excluding hydrogens is 178 g/mol. The van der Waals surface area contributed by atoms with Gasteiger partial charge in [0.05, 0.1) is 6.54 Å². The number of aliphatic hydroxyl groups excluding tert-OH is 1. The molecule has 3 heteroatoms. The molecule has 1 saturated heterocycles. The minimum atomic E-state index is -0.00357. The Morgan fingerprint density at radius 3 is 2.86 bits per heavy atom. The average molecular weight is 195 g/mol. The predicted octanol–water partition coefficient (Wildman–Crippen LogP) is 1.61. The first kappa shape index (κ1) is 9.74. The molecule has 0 aromatic carbocycles. The summed E-state index contributed by atoms with van der Waals surface area (Å²) in [5.74, 6) is 2.43. The van der Waals surface area contributed by atoms with Crippen LogP contribution in [0.5, 0.6) is 0 Å². The predicted molar refractivity (Wildman–Crippen MR) is 53.7 cm³/mol. The van der Waals surface area contributed by atoms with E-state index in [1.54, 1.807) is 0 Å². The van der Waals surface area contributed by atoms with E-state index in [4.69, 9.17) is 9.52 Å². The highest BCUT2D eigenvalue weighted by atomic mass is 16.4. The van der Waals surface area contributed by atoms with Crippen LogP contribution in [0.15, 0.2) is 16.5 Å². The number of furan rings is 1. The molecule has 1 aliphatic rings. The molecule has 0 amide bonds. The SMILES string of the molecule is CC1CCN(Cc2ccc(CO)o2)C1. The Balaban J connectivity index is 1.90. The van der Waals surface area contributed by atoms with Gasteiger partial charge >= 0.3 is 0 Å². The maximum atomic E-state index is 8.85. The molecule has 0 radical (unpaired) electrons. The van der Waals surface area contributed by atoms with Crippen molar-refractivity contribution in [2.45, 2.75) is 26.5 Å². The summed E-state index contributed by atoms with van der Waals surface area (Å²) in [6.45, 7) is 5.48. The van der Waals surface area contributed by atoms with Gasteiger partial charge in [0.1, 0.15) is 18.1 Å². The summed E-state index contributed by atoms with van der Waals surface area (Å²) >= 11 is 0. The Bertz CT molecular complexity index is 295. The van der Waals surface area contributed by atoms with E-state index < -0.39 is 0 Å². The number of hydrogen-bond donors (Lipinski definition) is 1. The third-order valence-corrected chi connectivity index (χ3v) is 2.76. The van der Waals surface area contributed by atoms with E-state index in [2.05, 4.69) is 11.8 Å². The molecule has 1 aromatic heterocycles. The standard InChI is InChI=1S/C11H17NO2/c1-9-4-5-12(6-9)7-10-2-3-11(8-13)14-10/h2-3,9,13H,4-8H2,1H3. The van der Waals surface area contributed by atoms with Gasteiger partial charge in [-0.3, -0.25) is 4.90 Å². The van der Waals surface area contributed by atoms with Crippen molar-refractivity contribution in [1.82, 2.24) is 4.90 Å². The lowest BCUT2D eigenvalue weighted by atomic mass is 10.2. The highest BCUT2D eigenvalue weighted by Gasteiger charge is 2.19. The first-order valence-corrected chi connectivity index (χ1v) is 5.18. The van der Waals surface area contributed by atoms with Crippen molar-refractivity contribution < 1.29 is 9.52 Å². The second kappa shape index (κ2) is 4.15. The van der Waals surface area contributed by atoms with Crippen LogP contribution in [0.2, 0.25) is 0 Å². The molecule has 1 fully saturated rings. The van der Waals surface area contributed by atoms with Crippen molar-refractivity contribution in [2.75, 3.05) is 13.1 Å². The summed E-state index contributed by atoms with van der Waals surface area (Å²) in [7, 11) is 0. The zero-order chi connectivity index (χ0) is 9.97. The Hall–Kier alpha value is -0.800. The van der Waals surface area contributed by atoms with Gasteiger partial charge in [0.25, 0.3) is 0 Å². The van der Waals surface area contributed by atoms with Crippen LogP contribution >= 0.6 is 0 Å². The summed E-state index contributed by atoms with van der Waals surface area (Å²) in [5, 5.41) is 8.85. The number of hydrogen-bond acceptors (Lipinski definition) is 3. The van der Waals surface area contributed by atoms with E-state index >= 15 is 0 Å². The van der Waals surface area contributed by atoms with Gasteiger partial charge in [-0.15, -0.1) is 0 Å². The summed E-state index contributed by atoms with van der Waals surface area (Å²) < 4.78 is 5.44. The fourth-order valence-electron chi connectivity index (χ4n) is 1.98. The van der Waals surface area contributed by atoms with Crippen LogP contribution in [-0.4, -0.2) is 23.1 Å². The second-order valence-electron chi connectivity index (χ2n) is 4.16. The molecule has 1 aliphatic heterocycles. The lowest BCUT2D eigenvalue weighted by Gasteiger charge is -2.12. The van der Waals surface area contributed by atoms with E-state index in [-0.39, 0.29) is 6.61 Å². The van der Waals surface area contributed by atoms with Crippen LogP contribution in [-0.2, 0) is 13.2 Å². The Kier molecular flexibility index (Phi) is 2.89. The molecule has 0 aliphatic carbocycles. The maximum Gasteiger partial charge on any atom is 0.129 e. The van der Waals surface area contributed by atoms with Crippen LogP contribution in [0, 0.1) is 5.92 Å². The maximum absolute atomic E-state index is 8.85.